The fourth-order valence-corrected chi connectivity index (χ4v) is 1.83. The van der Waals surface area contributed by atoms with Crippen molar-refractivity contribution in [2.45, 2.75) is 26.2 Å². The third kappa shape index (κ3) is 6.13. The summed E-state index contributed by atoms with van der Waals surface area (Å²) in [6.45, 7) is 5.13. The first-order valence-electron chi connectivity index (χ1n) is 5.92. The van der Waals surface area contributed by atoms with Crippen LogP contribution in [-0.4, -0.2) is 19.7 Å². The van der Waals surface area contributed by atoms with E-state index in [-0.39, 0.29) is 0 Å². The molecule has 3 heteroatoms. The molecular formula is C13H20BrNO. The molecule has 1 aromatic rings. The summed E-state index contributed by atoms with van der Waals surface area (Å²) >= 11 is 3.42. The van der Waals surface area contributed by atoms with Crippen molar-refractivity contribution in [1.82, 2.24) is 5.32 Å². The van der Waals surface area contributed by atoms with Gasteiger partial charge in [0.15, 0.2) is 0 Å². The lowest BCUT2D eigenvalue weighted by Crippen LogP contribution is -2.14. The Bertz CT molecular complexity index is 291. The zero-order chi connectivity index (χ0) is 11.6. The van der Waals surface area contributed by atoms with Crippen molar-refractivity contribution in [3.05, 3.63) is 28.7 Å². The molecular weight excluding hydrogens is 266 g/mol. The lowest BCUT2D eigenvalue weighted by molar-refractivity contribution is 0.305. The molecule has 2 nitrogen and oxygen atoms in total. The number of ether oxygens (including phenoxy) is 1. The smallest absolute Gasteiger partial charge is 0.120 e. The number of halogens is 1. The fourth-order valence-electron chi connectivity index (χ4n) is 1.45. The number of nitrogens with one attached hydrogen (secondary N) is 1. The Labute approximate surface area is 107 Å². The van der Waals surface area contributed by atoms with Crippen LogP contribution in [0.5, 0.6) is 5.75 Å². The number of unbranched alkanes of at least 4 members (excludes halogenated alkanes) is 2. The van der Waals surface area contributed by atoms with Crippen LogP contribution in [0.25, 0.3) is 0 Å². The van der Waals surface area contributed by atoms with Crippen LogP contribution in [0.2, 0.25) is 0 Å². The van der Waals surface area contributed by atoms with E-state index in [0.29, 0.717) is 0 Å². The maximum absolute atomic E-state index is 5.64. The van der Waals surface area contributed by atoms with E-state index in [4.69, 9.17) is 4.74 Å². The van der Waals surface area contributed by atoms with E-state index in [1.165, 1.54) is 12.8 Å². The van der Waals surface area contributed by atoms with E-state index in [9.17, 15) is 0 Å². The number of hydrogen-bond acceptors (Lipinski definition) is 2. The van der Waals surface area contributed by atoms with E-state index in [2.05, 4.69) is 28.2 Å². The van der Waals surface area contributed by atoms with Gasteiger partial charge in [-0.3, -0.25) is 0 Å². The molecule has 0 aromatic heterocycles. The normalized spacial score (nSPS) is 10.4. The zero-order valence-electron chi connectivity index (χ0n) is 9.84. The number of benzene rings is 1. The molecule has 90 valence electrons. The topological polar surface area (TPSA) is 21.3 Å². The van der Waals surface area contributed by atoms with Gasteiger partial charge in [0.05, 0.1) is 6.61 Å². The second-order valence-corrected chi connectivity index (χ2v) is 4.64. The van der Waals surface area contributed by atoms with Crippen molar-refractivity contribution in [2.75, 3.05) is 19.7 Å². The first-order valence-corrected chi connectivity index (χ1v) is 6.71. The summed E-state index contributed by atoms with van der Waals surface area (Å²) in [5, 5.41) is 3.32. The van der Waals surface area contributed by atoms with Crippen molar-refractivity contribution in [3.8, 4) is 5.75 Å². The maximum atomic E-state index is 5.64. The van der Waals surface area contributed by atoms with Gasteiger partial charge >= 0.3 is 0 Å². The van der Waals surface area contributed by atoms with Gasteiger partial charge in [0.25, 0.3) is 0 Å². The summed E-state index contributed by atoms with van der Waals surface area (Å²) in [6, 6.07) is 7.98. The van der Waals surface area contributed by atoms with Crippen molar-refractivity contribution in [2.24, 2.45) is 0 Å². The monoisotopic (exact) mass is 285 g/mol. The lowest BCUT2D eigenvalue weighted by Gasteiger charge is -2.06. The van der Waals surface area contributed by atoms with Crippen molar-refractivity contribution < 1.29 is 4.74 Å². The van der Waals surface area contributed by atoms with E-state index >= 15 is 0 Å². The number of hydrogen-bond donors (Lipinski definition) is 1. The zero-order valence-corrected chi connectivity index (χ0v) is 11.4. The second kappa shape index (κ2) is 8.59. The van der Waals surface area contributed by atoms with Gasteiger partial charge in [0.1, 0.15) is 5.75 Å². The summed E-state index contributed by atoms with van der Waals surface area (Å²) in [4.78, 5) is 0. The Kier molecular flexibility index (Phi) is 7.26. The van der Waals surface area contributed by atoms with Crippen molar-refractivity contribution >= 4 is 15.9 Å². The minimum Gasteiger partial charge on any atom is -0.494 e. The van der Waals surface area contributed by atoms with Crippen molar-refractivity contribution in [1.29, 1.82) is 0 Å². The molecule has 1 aromatic carbocycles. The quantitative estimate of drug-likeness (QED) is 0.737. The minimum absolute atomic E-state index is 0.808. The van der Waals surface area contributed by atoms with Gasteiger partial charge in [0, 0.05) is 4.47 Å². The predicted octanol–water partition coefficient (Wildman–Crippen LogP) is 3.61. The van der Waals surface area contributed by atoms with E-state index in [0.717, 1.165) is 36.3 Å². The van der Waals surface area contributed by atoms with Crippen molar-refractivity contribution in [3.63, 3.8) is 0 Å². The Balaban J connectivity index is 2.03. The first-order chi connectivity index (χ1) is 7.83. The Morgan fingerprint density at radius 1 is 1.25 bits per heavy atom. The SMILES string of the molecule is CCNCCCCCOc1cccc(Br)c1. The van der Waals surface area contributed by atoms with Crippen LogP contribution in [0.15, 0.2) is 28.7 Å². The summed E-state index contributed by atoms with van der Waals surface area (Å²) in [7, 11) is 0. The average Bonchev–Trinajstić information content (AvgIpc) is 2.28. The van der Waals surface area contributed by atoms with Crippen LogP contribution in [0.4, 0.5) is 0 Å². The molecule has 1 rings (SSSR count). The molecule has 0 saturated carbocycles. The molecule has 0 aliphatic heterocycles. The molecule has 0 saturated heterocycles. The summed E-state index contributed by atoms with van der Waals surface area (Å²) in [6.07, 6.45) is 3.58. The molecule has 0 amide bonds. The van der Waals surface area contributed by atoms with E-state index in [1.54, 1.807) is 0 Å². The van der Waals surface area contributed by atoms with E-state index < -0.39 is 0 Å². The summed E-state index contributed by atoms with van der Waals surface area (Å²) in [5.41, 5.74) is 0. The molecule has 0 heterocycles. The highest BCUT2D eigenvalue weighted by Gasteiger charge is 1.94. The fraction of sp³-hybridized carbons (Fsp3) is 0.538. The second-order valence-electron chi connectivity index (χ2n) is 3.72. The van der Waals surface area contributed by atoms with Gasteiger partial charge in [-0.05, 0) is 50.6 Å². The first kappa shape index (κ1) is 13.5. The van der Waals surface area contributed by atoms with Crippen LogP contribution < -0.4 is 10.1 Å². The molecule has 0 fully saturated rings. The van der Waals surface area contributed by atoms with Gasteiger partial charge in [-0.1, -0.05) is 28.9 Å². The average molecular weight is 286 g/mol. The highest BCUT2D eigenvalue weighted by atomic mass is 79.9. The summed E-state index contributed by atoms with van der Waals surface area (Å²) in [5.74, 6) is 0.945. The van der Waals surface area contributed by atoms with Gasteiger partial charge in [-0.15, -0.1) is 0 Å². The van der Waals surface area contributed by atoms with Gasteiger partial charge in [0.2, 0.25) is 0 Å². The van der Waals surface area contributed by atoms with Gasteiger partial charge in [-0.2, -0.15) is 0 Å². The lowest BCUT2D eigenvalue weighted by atomic mass is 10.2. The molecule has 0 aliphatic rings. The summed E-state index contributed by atoms with van der Waals surface area (Å²) < 4.78 is 6.71. The van der Waals surface area contributed by atoms with Crippen LogP contribution in [-0.2, 0) is 0 Å². The molecule has 1 N–H and O–H groups in total. The number of rotatable bonds is 8. The highest BCUT2D eigenvalue weighted by molar-refractivity contribution is 9.10. The van der Waals surface area contributed by atoms with Gasteiger partial charge in [-0.25, -0.2) is 0 Å². The maximum Gasteiger partial charge on any atom is 0.120 e. The van der Waals surface area contributed by atoms with Crippen LogP contribution in [0.3, 0.4) is 0 Å². The standard InChI is InChI=1S/C13H20BrNO/c1-2-15-9-4-3-5-10-16-13-8-6-7-12(14)11-13/h6-8,11,15H,2-5,9-10H2,1H3. The largest absolute Gasteiger partial charge is 0.494 e. The Morgan fingerprint density at radius 3 is 2.88 bits per heavy atom. The Hall–Kier alpha value is -0.540. The van der Waals surface area contributed by atoms with Crippen LogP contribution >= 0.6 is 15.9 Å². The highest BCUT2D eigenvalue weighted by Crippen LogP contribution is 2.17. The Morgan fingerprint density at radius 2 is 2.12 bits per heavy atom. The van der Waals surface area contributed by atoms with Crippen LogP contribution in [0, 0.1) is 0 Å². The molecule has 0 radical (unpaired) electrons. The third-order valence-electron chi connectivity index (χ3n) is 2.31. The molecule has 0 aliphatic carbocycles. The molecule has 16 heavy (non-hydrogen) atoms. The minimum atomic E-state index is 0.808. The molecule has 0 bridgehead atoms. The molecule has 0 atom stereocenters. The van der Waals surface area contributed by atoms with Gasteiger partial charge < -0.3 is 10.1 Å². The molecule has 0 spiro atoms. The predicted molar refractivity (Wildman–Crippen MR) is 72.0 cm³/mol. The third-order valence-corrected chi connectivity index (χ3v) is 2.81. The van der Waals surface area contributed by atoms with E-state index in [1.807, 2.05) is 24.3 Å². The molecule has 0 unspecified atom stereocenters. The van der Waals surface area contributed by atoms with Crippen LogP contribution in [0.1, 0.15) is 26.2 Å².